The molecule has 3 N–H and O–H groups in total. The zero-order valence-corrected chi connectivity index (χ0v) is 27.6. The van der Waals surface area contributed by atoms with Crippen molar-refractivity contribution >= 4 is 23.2 Å². The minimum absolute atomic E-state index is 0.00448. The van der Waals surface area contributed by atoms with E-state index >= 15 is 0 Å². The van der Waals surface area contributed by atoms with Gasteiger partial charge in [-0.05, 0) is 62.9 Å². The van der Waals surface area contributed by atoms with E-state index in [0.717, 1.165) is 62.1 Å². The van der Waals surface area contributed by atoms with Crippen LogP contribution >= 0.6 is 0 Å². The van der Waals surface area contributed by atoms with Crippen LogP contribution in [0.1, 0.15) is 62.1 Å². The Morgan fingerprint density at radius 1 is 1.07 bits per heavy atom. The zero-order valence-electron chi connectivity index (χ0n) is 27.6. The number of carbonyl (C=O) groups is 2. The second-order valence-corrected chi connectivity index (χ2v) is 12.3. The van der Waals surface area contributed by atoms with Gasteiger partial charge in [0.1, 0.15) is 11.4 Å². The molecule has 2 amide bonds. The standard InChI is InChI=1S/C35H50N6O5/c1-4-40-24-30(37-38-40)28-10-8-9-26(23-28)16-21-45-22-17-33(43)41(29-11-6-5-7-12-29)20-19-39(2)18-15-27-13-14-31(44-3)34-35(27)46-25-32(42)36-34/h8-10,13-14,23-24,29,37-38H,4-7,11-12,15-22,25H2,1-3H3,(H,36,42). The van der Waals surface area contributed by atoms with Crippen LogP contribution in [-0.4, -0.2) is 92.8 Å². The molecule has 5 rings (SSSR count). The van der Waals surface area contributed by atoms with Crippen LogP contribution in [0.25, 0.3) is 5.70 Å². The number of anilines is 1. The fraction of sp³-hybridized carbons (Fsp3) is 0.543. The Labute approximate surface area is 273 Å². The van der Waals surface area contributed by atoms with Crippen molar-refractivity contribution in [2.24, 2.45) is 0 Å². The van der Waals surface area contributed by atoms with Gasteiger partial charge < -0.3 is 34.8 Å². The number of hydrogen-bond donors (Lipinski definition) is 3. The number of hydrogen-bond acceptors (Lipinski definition) is 9. The number of nitrogens with zero attached hydrogens (tertiary/aromatic N) is 3. The average molecular weight is 635 g/mol. The highest BCUT2D eigenvalue weighted by molar-refractivity contribution is 5.97. The summed E-state index contributed by atoms with van der Waals surface area (Å²) in [5.74, 6) is 1.28. The second kappa shape index (κ2) is 16.7. The summed E-state index contributed by atoms with van der Waals surface area (Å²) in [6.07, 6.45) is 9.78. The molecule has 11 nitrogen and oxygen atoms in total. The maximum atomic E-state index is 13.5. The molecule has 0 spiro atoms. The number of fused-ring (bicyclic) bond motifs is 1. The molecule has 1 saturated carbocycles. The number of amides is 2. The van der Waals surface area contributed by atoms with Crippen LogP contribution in [0.15, 0.2) is 42.6 Å². The van der Waals surface area contributed by atoms with Gasteiger partial charge in [0.2, 0.25) is 5.91 Å². The molecule has 2 heterocycles. The fourth-order valence-corrected chi connectivity index (χ4v) is 6.34. The van der Waals surface area contributed by atoms with Gasteiger partial charge in [0.25, 0.3) is 5.91 Å². The summed E-state index contributed by atoms with van der Waals surface area (Å²) in [4.78, 5) is 29.8. The van der Waals surface area contributed by atoms with Gasteiger partial charge in [0, 0.05) is 44.0 Å². The molecule has 1 aliphatic carbocycles. The molecule has 1 fully saturated rings. The van der Waals surface area contributed by atoms with Crippen LogP contribution < -0.4 is 25.8 Å². The summed E-state index contributed by atoms with van der Waals surface area (Å²) in [5, 5.41) is 4.88. The maximum absolute atomic E-state index is 13.5. The quantitative estimate of drug-likeness (QED) is 0.237. The molecule has 0 radical (unpaired) electrons. The SMILES string of the molecule is CCN1C=C(c2cccc(CCOCCC(=O)N(CCN(C)CCc3ccc(OC)c4c3OCC(=O)N4)C3CCCCC3)c2)NN1. The molecular weight excluding hydrogens is 584 g/mol. The van der Waals surface area contributed by atoms with Crippen LogP contribution in [0.5, 0.6) is 11.5 Å². The Kier molecular flexibility index (Phi) is 12.2. The second-order valence-electron chi connectivity index (χ2n) is 12.3. The molecule has 2 aromatic rings. The number of ether oxygens (including phenoxy) is 3. The monoisotopic (exact) mass is 634 g/mol. The Morgan fingerprint density at radius 3 is 2.70 bits per heavy atom. The van der Waals surface area contributed by atoms with Gasteiger partial charge in [-0.25, -0.2) is 0 Å². The molecule has 0 bridgehead atoms. The summed E-state index contributed by atoms with van der Waals surface area (Å²) in [5.41, 5.74) is 11.4. The summed E-state index contributed by atoms with van der Waals surface area (Å²) < 4.78 is 17.2. The maximum Gasteiger partial charge on any atom is 0.262 e. The van der Waals surface area contributed by atoms with Crippen molar-refractivity contribution < 1.29 is 23.8 Å². The molecule has 0 saturated heterocycles. The van der Waals surface area contributed by atoms with Crippen LogP contribution in [0.2, 0.25) is 0 Å². The summed E-state index contributed by atoms with van der Waals surface area (Å²) in [6, 6.07) is 12.6. The smallest absolute Gasteiger partial charge is 0.262 e. The van der Waals surface area contributed by atoms with E-state index in [4.69, 9.17) is 14.2 Å². The van der Waals surface area contributed by atoms with E-state index in [9.17, 15) is 9.59 Å². The molecule has 2 aromatic carbocycles. The zero-order chi connectivity index (χ0) is 32.3. The van der Waals surface area contributed by atoms with Crippen LogP contribution in [-0.2, 0) is 27.2 Å². The summed E-state index contributed by atoms with van der Waals surface area (Å²) in [6.45, 7) is 6.27. The van der Waals surface area contributed by atoms with Crippen molar-refractivity contribution in [2.75, 3.05) is 65.5 Å². The molecule has 0 aromatic heterocycles. The first-order valence-electron chi connectivity index (χ1n) is 16.7. The lowest BCUT2D eigenvalue weighted by Crippen LogP contribution is -2.45. The van der Waals surface area contributed by atoms with E-state index in [-0.39, 0.29) is 18.4 Å². The predicted octanol–water partition coefficient (Wildman–Crippen LogP) is 3.95. The molecule has 3 aliphatic rings. The normalized spacial score (nSPS) is 16.4. The molecule has 11 heteroatoms. The van der Waals surface area contributed by atoms with Crippen LogP contribution in [0.3, 0.4) is 0 Å². The van der Waals surface area contributed by atoms with E-state index in [1.807, 2.05) is 17.1 Å². The van der Waals surface area contributed by atoms with Crippen molar-refractivity contribution in [3.05, 3.63) is 59.3 Å². The van der Waals surface area contributed by atoms with Crippen molar-refractivity contribution in [3.8, 4) is 11.5 Å². The Bertz CT molecular complexity index is 1360. The number of carbonyl (C=O) groups excluding carboxylic acids is 2. The third kappa shape index (κ3) is 8.92. The third-order valence-corrected chi connectivity index (χ3v) is 9.05. The Morgan fingerprint density at radius 2 is 1.91 bits per heavy atom. The number of hydrazine groups is 2. The van der Waals surface area contributed by atoms with Gasteiger partial charge in [-0.15, -0.1) is 5.53 Å². The number of methoxy groups -OCH3 is 1. The number of benzene rings is 2. The fourth-order valence-electron chi connectivity index (χ4n) is 6.34. The van der Waals surface area contributed by atoms with Gasteiger partial charge in [-0.2, -0.15) is 0 Å². The average Bonchev–Trinajstić information content (AvgIpc) is 3.57. The highest BCUT2D eigenvalue weighted by Gasteiger charge is 2.26. The molecule has 46 heavy (non-hydrogen) atoms. The van der Waals surface area contributed by atoms with Gasteiger partial charge in [-0.3, -0.25) is 14.6 Å². The van der Waals surface area contributed by atoms with E-state index < -0.39 is 0 Å². The Hall–Kier alpha value is -3.80. The lowest BCUT2D eigenvalue weighted by atomic mass is 9.94. The van der Waals surface area contributed by atoms with Crippen LogP contribution in [0, 0.1) is 0 Å². The van der Waals surface area contributed by atoms with Crippen molar-refractivity contribution in [1.82, 2.24) is 25.8 Å². The summed E-state index contributed by atoms with van der Waals surface area (Å²) >= 11 is 0. The number of nitrogens with one attached hydrogen (secondary N) is 3. The topological polar surface area (TPSA) is 108 Å². The van der Waals surface area contributed by atoms with E-state index in [1.54, 1.807) is 7.11 Å². The lowest BCUT2D eigenvalue weighted by molar-refractivity contribution is -0.135. The molecule has 250 valence electrons. The predicted molar refractivity (Wildman–Crippen MR) is 179 cm³/mol. The van der Waals surface area contributed by atoms with Crippen LogP contribution in [0.4, 0.5) is 5.69 Å². The van der Waals surface area contributed by atoms with Crippen molar-refractivity contribution in [1.29, 1.82) is 0 Å². The largest absolute Gasteiger partial charge is 0.494 e. The molecule has 0 atom stereocenters. The summed E-state index contributed by atoms with van der Waals surface area (Å²) in [7, 11) is 3.68. The van der Waals surface area contributed by atoms with Gasteiger partial charge in [-0.1, -0.05) is 43.5 Å². The molecule has 2 aliphatic heterocycles. The lowest BCUT2D eigenvalue weighted by Gasteiger charge is -2.35. The first-order chi connectivity index (χ1) is 22.4. The van der Waals surface area contributed by atoms with Crippen molar-refractivity contribution in [3.63, 3.8) is 0 Å². The first kappa shape index (κ1) is 33.6. The highest BCUT2D eigenvalue weighted by Crippen LogP contribution is 2.40. The third-order valence-electron chi connectivity index (χ3n) is 9.05. The highest BCUT2D eigenvalue weighted by atomic mass is 16.5. The van der Waals surface area contributed by atoms with Gasteiger partial charge in [0.15, 0.2) is 12.4 Å². The first-order valence-corrected chi connectivity index (χ1v) is 16.7. The number of likely N-dealkylation sites (N-methyl/N-ethyl adjacent to an activating group) is 1. The van der Waals surface area contributed by atoms with Crippen molar-refractivity contribution in [2.45, 2.75) is 64.3 Å². The van der Waals surface area contributed by atoms with E-state index in [0.29, 0.717) is 49.4 Å². The van der Waals surface area contributed by atoms with Gasteiger partial charge >= 0.3 is 0 Å². The number of rotatable bonds is 16. The Balaban J connectivity index is 1.08. The van der Waals surface area contributed by atoms with E-state index in [2.05, 4.69) is 70.5 Å². The minimum Gasteiger partial charge on any atom is -0.494 e. The van der Waals surface area contributed by atoms with Gasteiger partial charge in [0.05, 0.1) is 32.4 Å². The van der Waals surface area contributed by atoms with E-state index in [1.165, 1.54) is 24.8 Å². The minimum atomic E-state index is -0.181. The molecular formula is C35H50N6O5. The molecule has 0 unspecified atom stereocenters.